The Bertz CT molecular complexity index is 673. The summed E-state index contributed by atoms with van der Waals surface area (Å²) in [5.74, 6) is 1.03. The zero-order chi connectivity index (χ0) is 17.5. The Labute approximate surface area is 148 Å². The summed E-state index contributed by atoms with van der Waals surface area (Å²) >= 11 is 0. The fraction of sp³-hybridized carbons (Fsp3) is 0.350. The summed E-state index contributed by atoms with van der Waals surface area (Å²) in [6, 6.07) is 17.2. The number of benzene rings is 2. The number of likely N-dealkylation sites (tertiary alicyclic amines) is 1. The van der Waals surface area contributed by atoms with Gasteiger partial charge >= 0.3 is 6.03 Å². The van der Waals surface area contributed by atoms with Crippen LogP contribution >= 0.6 is 0 Å². The van der Waals surface area contributed by atoms with Gasteiger partial charge in [0.05, 0.1) is 0 Å². The molecule has 2 aromatic rings. The molecule has 0 saturated carbocycles. The Morgan fingerprint density at radius 3 is 2.64 bits per heavy atom. The Balaban J connectivity index is 1.51. The van der Waals surface area contributed by atoms with Gasteiger partial charge in [0.25, 0.3) is 0 Å². The number of hydrogen-bond donors (Lipinski definition) is 2. The Morgan fingerprint density at radius 1 is 1.16 bits per heavy atom. The first-order valence-corrected chi connectivity index (χ1v) is 8.68. The molecule has 3 rings (SSSR count). The molecule has 1 aliphatic heterocycles. The summed E-state index contributed by atoms with van der Waals surface area (Å²) in [5, 5.41) is 12.2. The highest BCUT2D eigenvalue weighted by atomic mass is 16.5. The van der Waals surface area contributed by atoms with Gasteiger partial charge in [-0.1, -0.05) is 30.3 Å². The number of hydrogen-bond acceptors (Lipinski definition) is 3. The second-order valence-corrected chi connectivity index (χ2v) is 6.37. The van der Waals surface area contributed by atoms with Crippen LogP contribution < -0.4 is 10.1 Å². The van der Waals surface area contributed by atoms with Crippen LogP contribution in [0.3, 0.4) is 0 Å². The standard InChI is InChI=1S/C20H24N2O3/c23-14-17-5-4-12-22(13-17)20(24)21-18-10-8-16(9-11-18)15-25-19-6-2-1-3-7-19/h1-3,6-11,17,23H,4-5,12-15H2,(H,21,24)/t17-/m0/s1. The number of nitrogens with zero attached hydrogens (tertiary/aromatic N) is 1. The third-order valence-electron chi connectivity index (χ3n) is 4.42. The number of aliphatic hydroxyl groups is 1. The minimum Gasteiger partial charge on any atom is -0.489 e. The van der Waals surface area contributed by atoms with Crippen molar-refractivity contribution in [2.24, 2.45) is 5.92 Å². The minimum atomic E-state index is -0.105. The third-order valence-corrected chi connectivity index (χ3v) is 4.42. The molecule has 5 nitrogen and oxygen atoms in total. The molecule has 0 aliphatic carbocycles. The van der Waals surface area contributed by atoms with Gasteiger partial charge < -0.3 is 20.1 Å². The molecule has 2 aromatic carbocycles. The second-order valence-electron chi connectivity index (χ2n) is 6.37. The summed E-state index contributed by atoms with van der Waals surface area (Å²) in [6.07, 6.45) is 1.92. The van der Waals surface area contributed by atoms with Crippen molar-refractivity contribution < 1.29 is 14.6 Å². The lowest BCUT2D eigenvalue weighted by Gasteiger charge is -2.31. The number of carbonyl (C=O) groups excluding carboxylic acids is 1. The monoisotopic (exact) mass is 340 g/mol. The molecule has 2 N–H and O–H groups in total. The number of amides is 2. The number of para-hydroxylation sites is 1. The Hall–Kier alpha value is -2.53. The molecule has 0 radical (unpaired) electrons. The van der Waals surface area contributed by atoms with Crippen molar-refractivity contribution in [2.45, 2.75) is 19.4 Å². The van der Waals surface area contributed by atoms with Crippen LogP contribution in [-0.4, -0.2) is 35.7 Å². The van der Waals surface area contributed by atoms with E-state index in [1.165, 1.54) is 0 Å². The van der Waals surface area contributed by atoms with Gasteiger partial charge in [0.2, 0.25) is 0 Å². The first-order valence-electron chi connectivity index (χ1n) is 8.68. The highest BCUT2D eigenvalue weighted by molar-refractivity contribution is 5.89. The van der Waals surface area contributed by atoms with Gasteiger partial charge in [-0.05, 0) is 48.6 Å². The second kappa shape index (κ2) is 8.53. The van der Waals surface area contributed by atoms with Gasteiger partial charge in [-0.3, -0.25) is 0 Å². The van der Waals surface area contributed by atoms with E-state index in [1.54, 1.807) is 4.90 Å². The van der Waals surface area contributed by atoms with Crippen molar-refractivity contribution in [1.82, 2.24) is 4.90 Å². The van der Waals surface area contributed by atoms with E-state index in [0.29, 0.717) is 13.2 Å². The summed E-state index contributed by atoms with van der Waals surface area (Å²) < 4.78 is 5.71. The van der Waals surface area contributed by atoms with Crippen LogP contribution in [-0.2, 0) is 6.61 Å². The van der Waals surface area contributed by atoms with E-state index in [2.05, 4.69) is 5.32 Å². The maximum Gasteiger partial charge on any atom is 0.321 e. The van der Waals surface area contributed by atoms with Crippen molar-refractivity contribution in [3.63, 3.8) is 0 Å². The van der Waals surface area contributed by atoms with Crippen LogP contribution in [0.1, 0.15) is 18.4 Å². The molecular formula is C20H24N2O3. The first kappa shape index (κ1) is 17.3. The van der Waals surface area contributed by atoms with E-state index < -0.39 is 0 Å². The maximum absolute atomic E-state index is 12.3. The highest BCUT2D eigenvalue weighted by Gasteiger charge is 2.23. The molecular weight excluding hydrogens is 316 g/mol. The molecule has 1 saturated heterocycles. The number of piperidine rings is 1. The van der Waals surface area contributed by atoms with Gasteiger partial charge in [0.1, 0.15) is 12.4 Å². The van der Waals surface area contributed by atoms with Crippen molar-refractivity contribution in [3.8, 4) is 5.75 Å². The van der Waals surface area contributed by atoms with Crippen LogP contribution in [0, 0.1) is 5.92 Å². The van der Waals surface area contributed by atoms with Crippen molar-refractivity contribution >= 4 is 11.7 Å². The number of ether oxygens (including phenoxy) is 1. The molecule has 0 unspecified atom stereocenters. The van der Waals surface area contributed by atoms with E-state index in [9.17, 15) is 9.90 Å². The fourth-order valence-electron chi connectivity index (χ4n) is 2.97. The summed E-state index contributed by atoms with van der Waals surface area (Å²) in [7, 11) is 0. The molecule has 1 fully saturated rings. The van der Waals surface area contributed by atoms with Gasteiger partial charge in [-0.15, -0.1) is 0 Å². The zero-order valence-corrected chi connectivity index (χ0v) is 14.2. The average Bonchev–Trinajstić information content (AvgIpc) is 2.68. The predicted molar refractivity (Wildman–Crippen MR) is 97.6 cm³/mol. The molecule has 1 heterocycles. The average molecular weight is 340 g/mol. The normalized spacial score (nSPS) is 17.2. The highest BCUT2D eigenvalue weighted by Crippen LogP contribution is 2.18. The fourth-order valence-corrected chi connectivity index (χ4v) is 2.97. The summed E-state index contributed by atoms with van der Waals surface area (Å²) in [6.45, 7) is 1.99. The molecule has 25 heavy (non-hydrogen) atoms. The van der Waals surface area contributed by atoms with Gasteiger partial charge in [0.15, 0.2) is 0 Å². The largest absolute Gasteiger partial charge is 0.489 e. The first-order chi connectivity index (χ1) is 12.2. The molecule has 2 amide bonds. The smallest absolute Gasteiger partial charge is 0.321 e. The van der Waals surface area contributed by atoms with Crippen molar-refractivity contribution in [1.29, 1.82) is 0 Å². The molecule has 0 aromatic heterocycles. The quantitative estimate of drug-likeness (QED) is 0.876. The minimum absolute atomic E-state index is 0.105. The summed E-state index contributed by atoms with van der Waals surface area (Å²) in [4.78, 5) is 14.1. The van der Waals surface area contributed by atoms with E-state index in [1.807, 2.05) is 54.6 Å². The zero-order valence-electron chi connectivity index (χ0n) is 14.2. The lowest BCUT2D eigenvalue weighted by molar-refractivity contribution is 0.136. The van der Waals surface area contributed by atoms with Crippen LogP contribution in [0.4, 0.5) is 10.5 Å². The van der Waals surface area contributed by atoms with Gasteiger partial charge in [-0.25, -0.2) is 4.79 Å². The van der Waals surface area contributed by atoms with E-state index in [-0.39, 0.29) is 18.6 Å². The number of nitrogens with one attached hydrogen (secondary N) is 1. The molecule has 5 heteroatoms. The van der Waals surface area contributed by atoms with E-state index in [4.69, 9.17) is 4.74 Å². The summed E-state index contributed by atoms with van der Waals surface area (Å²) in [5.41, 5.74) is 1.81. The lowest BCUT2D eigenvalue weighted by atomic mass is 9.99. The Kier molecular flexibility index (Phi) is 5.90. The van der Waals surface area contributed by atoms with Crippen LogP contribution in [0.2, 0.25) is 0 Å². The number of aliphatic hydroxyl groups excluding tert-OH is 1. The van der Waals surface area contributed by atoms with Crippen molar-refractivity contribution in [3.05, 3.63) is 60.2 Å². The van der Waals surface area contributed by atoms with Gasteiger partial charge in [-0.2, -0.15) is 0 Å². The number of anilines is 1. The van der Waals surface area contributed by atoms with E-state index in [0.717, 1.165) is 36.4 Å². The van der Waals surface area contributed by atoms with Crippen LogP contribution in [0.25, 0.3) is 0 Å². The SMILES string of the molecule is O=C(Nc1ccc(COc2ccccc2)cc1)N1CCC[C@H](CO)C1. The molecule has 132 valence electrons. The van der Waals surface area contributed by atoms with Gasteiger partial charge in [0, 0.05) is 25.4 Å². The molecule has 1 aliphatic rings. The van der Waals surface area contributed by atoms with Crippen molar-refractivity contribution in [2.75, 3.05) is 25.0 Å². The predicted octanol–water partition coefficient (Wildman–Crippen LogP) is 3.50. The number of rotatable bonds is 5. The number of urea groups is 1. The molecule has 1 atom stereocenters. The third kappa shape index (κ3) is 4.97. The Morgan fingerprint density at radius 2 is 1.92 bits per heavy atom. The maximum atomic E-state index is 12.3. The lowest BCUT2D eigenvalue weighted by Crippen LogP contribution is -2.43. The number of carbonyl (C=O) groups is 1. The molecule has 0 bridgehead atoms. The van der Waals surface area contributed by atoms with Crippen LogP contribution in [0.15, 0.2) is 54.6 Å². The topological polar surface area (TPSA) is 61.8 Å². The van der Waals surface area contributed by atoms with E-state index >= 15 is 0 Å². The molecule has 0 spiro atoms. The van der Waals surface area contributed by atoms with Crippen LogP contribution in [0.5, 0.6) is 5.75 Å².